The van der Waals surface area contributed by atoms with Gasteiger partial charge in [-0.25, -0.2) is 8.42 Å². The van der Waals surface area contributed by atoms with E-state index in [2.05, 4.69) is 15.9 Å². The second kappa shape index (κ2) is 6.93. The molecule has 2 heterocycles. The number of aromatic nitrogens is 1. The first kappa shape index (κ1) is 18.2. The first-order valence-corrected chi connectivity index (χ1v) is 10.1. The van der Waals surface area contributed by atoms with Gasteiger partial charge >= 0.3 is 0 Å². The number of sulfonamides is 1. The number of benzene rings is 1. The van der Waals surface area contributed by atoms with Crippen LogP contribution in [0.5, 0.6) is 5.75 Å². The zero-order chi connectivity index (χ0) is 18.2. The predicted octanol–water partition coefficient (Wildman–Crippen LogP) is 2.30. The molecule has 0 amide bonds. The maximum atomic E-state index is 12.8. The Morgan fingerprint density at radius 2 is 1.96 bits per heavy atom. The Kier molecular flexibility index (Phi) is 5.04. The van der Waals surface area contributed by atoms with Crippen LogP contribution in [0.3, 0.4) is 0 Å². The van der Waals surface area contributed by atoms with E-state index in [0.29, 0.717) is 23.2 Å². The third-order valence-electron chi connectivity index (χ3n) is 4.34. The highest BCUT2D eigenvalue weighted by Crippen LogP contribution is 2.28. The molecule has 0 spiro atoms. The lowest BCUT2D eigenvalue weighted by molar-refractivity contribution is 0.214. The van der Waals surface area contributed by atoms with Gasteiger partial charge in [0.1, 0.15) is 11.9 Å². The summed E-state index contributed by atoms with van der Waals surface area (Å²) in [6, 6.07) is 9.98. The van der Waals surface area contributed by atoms with Crippen LogP contribution in [0.25, 0.3) is 0 Å². The Balaban J connectivity index is 1.76. The molecule has 3 rings (SSSR count). The molecule has 1 fully saturated rings. The molecule has 0 aliphatic carbocycles. The van der Waals surface area contributed by atoms with Crippen LogP contribution >= 0.6 is 15.9 Å². The molecule has 0 N–H and O–H groups in total. The number of hydrogen-bond donors (Lipinski definition) is 0. The van der Waals surface area contributed by atoms with Gasteiger partial charge < -0.3 is 9.30 Å². The summed E-state index contributed by atoms with van der Waals surface area (Å²) in [4.78, 5) is 12.1. The molecule has 1 aromatic carbocycles. The highest BCUT2D eigenvalue weighted by atomic mass is 79.9. The molecule has 1 saturated heterocycles. The van der Waals surface area contributed by atoms with E-state index in [1.54, 1.807) is 37.4 Å². The van der Waals surface area contributed by atoms with E-state index >= 15 is 0 Å². The summed E-state index contributed by atoms with van der Waals surface area (Å²) < 4.78 is 34.9. The average Bonchev–Trinajstić information content (AvgIpc) is 3.02. The second-order valence-electron chi connectivity index (χ2n) is 6.05. The molecule has 1 atom stereocenters. The Bertz CT molecular complexity index is 955. The van der Waals surface area contributed by atoms with Crippen LogP contribution in [0.4, 0.5) is 0 Å². The number of nitrogens with zero attached hydrogens (tertiary/aromatic N) is 2. The van der Waals surface area contributed by atoms with Gasteiger partial charge in [0, 0.05) is 29.8 Å². The molecule has 0 bridgehead atoms. The topological polar surface area (TPSA) is 68.6 Å². The van der Waals surface area contributed by atoms with E-state index in [0.717, 1.165) is 5.69 Å². The minimum Gasteiger partial charge on any atom is -0.489 e. The van der Waals surface area contributed by atoms with Crippen molar-refractivity contribution in [2.75, 3.05) is 13.1 Å². The molecule has 25 heavy (non-hydrogen) atoms. The standard InChI is InChI=1S/C17H19BrN2O4S/c1-12-9-14(10-17(21)19(12)2)24-13-7-8-20(11-13)25(22,23)16-6-4-3-5-15(16)18/h3-6,9-10,13H,7-8,11H2,1-2H3. The highest BCUT2D eigenvalue weighted by Gasteiger charge is 2.34. The quantitative estimate of drug-likeness (QED) is 0.751. The van der Waals surface area contributed by atoms with E-state index in [9.17, 15) is 13.2 Å². The van der Waals surface area contributed by atoms with E-state index < -0.39 is 10.0 Å². The minimum absolute atomic E-state index is 0.148. The fraction of sp³-hybridized carbons (Fsp3) is 0.353. The molecule has 1 aliphatic heterocycles. The van der Waals surface area contributed by atoms with Crippen molar-refractivity contribution in [2.45, 2.75) is 24.3 Å². The fourth-order valence-corrected chi connectivity index (χ4v) is 5.25. The smallest absolute Gasteiger partial charge is 0.254 e. The van der Waals surface area contributed by atoms with Gasteiger partial charge in [0.25, 0.3) is 5.56 Å². The van der Waals surface area contributed by atoms with Gasteiger partial charge in [0.05, 0.1) is 11.4 Å². The molecule has 0 radical (unpaired) electrons. The summed E-state index contributed by atoms with van der Waals surface area (Å²) in [7, 11) is -1.88. The molecule has 2 aromatic rings. The van der Waals surface area contributed by atoms with Gasteiger partial charge in [-0.05, 0) is 47.5 Å². The van der Waals surface area contributed by atoms with Gasteiger partial charge in [-0.15, -0.1) is 0 Å². The lowest BCUT2D eigenvalue weighted by Gasteiger charge is -2.18. The molecule has 0 saturated carbocycles. The maximum absolute atomic E-state index is 12.8. The highest BCUT2D eigenvalue weighted by molar-refractivity contribution is 9.10. The maximum Gasteiger partial charge on any atom is 0.254 e. The lowest BCUT2D eigenvalue weighted by atomic mass is 10.3. The Labute approximate surface area is 155 Å². The zero-order valence-electron chi connectivity index (χ0n) is 14.0. The van der Waals surface area contributed by atoms with Crippen LogP contribution in [0.15, 0.2) is 50.6 Å². The molecule has 1 aromatic heterocycles. The van der Waals surface area contributed by atoms with Gasteiger partial charge in [-0.1, -0.05) is 12.1 Å². The Hall–Kier alpha value is -1.64. The van der Waals surface area contributed by atoms with Crippen LogP contribution in [-0.4, -0.2) is 36.5 Å². The summed E-state index contributed by atoms with van der Waals surface area (Å²) >= 11 is 3.30. The van der Waals surface area contributed by atoms with E-state index in [1.807, 2.05) is 6.92 Å². The summed E-state index contributed by atoms with van der Waals surface area (Å²) in [5.74, 6) is 0.478. The SMILES string of the molecule is Cc1cc(OC2CCN(S(=O)(=O)c3ccccc3Br)C2)cc(=O)n1C. The van der Waals surface area contributed by atoms with Crippen molar-refractivity contribution >= 4 is 26.0 Å². The van der Waals surface area contributed by atoms with Gasteiger partial charge in [0.15, 0.2) is 0 Å². The monoisotopic (exact) mass is 426 g/mol. The van der Waals surface area contributed by atoms with Gasteiger partial charge in [-0.2, -0.15) is 4.31 Å². The molecule has 134 valence electrons. The van der Waals surface area contributed by atoms with Crippen molar-refractivity contribution in [3.63, 3.8) is 0 Å². The van der Waals surface area contributed by atoms with Gasteiger partial charge in [-0.3, -0.25) is 4.79 Å². The van der Waals surface area contributed by atoms with E-state index in [1.165, 1.54) is 14.9 Å². The fourth-order valence-electron chi connectivity index (χ4n) is 2.80. The van der Waals surface area contributed by atoms with Crippen molar-refractivity contribution in [2.24, 2.45) is 7.05 Å². The van der Waals surface area contributed by atoms with Crippen molar-refractivity contribution in [1.82, 2.24) is 8.87 Å². The lowest BCUT2D eigenvalue weighted by Crippen LogP contribution is -2.31. The van der Waals surface area contributed by atoms with Crippen molar-refractivity contribution in [3.05, 3.63) is 56.9 Å². The van der Waals surface area contributed by atoms with Crippen LogP contribution in [-0.2, 0) is 17.1 Å². The third kappa shape index (κ3) is 3.65. The van der Waals surface area contributed by atoms with E-state index in [4.69, 9.17) is 4.74 Å². The summed E-state index contributed by atoms with van der Waals surface area (Å²) in [6.45, 7) is 2.47. The minimum atomic E-state index is -3.58. The number of pyridine rings is 1. The van der Waals surface area contributed by atoms with Crippen molar-refractivity contribution < 1.29 is 13.2 Å². The molecule has 1 unspecified atom stereocenters. The first-order valence-electron chi connectivity index (χ1n) is 7.88. The number of halogens is 1. The first-order chi connectivity index (χ1) is 11.8. The van der Waals surface area contributed by atoms with Crippen LogP contribution in [0.2, 0.25) is 0 Å². The number of hydrogen-bond acceptors (Lipinski definition) is 4. The number of rotatable bonds is 4. The molecule has 8 heteroatoms. The molecule has 6 nitrogen and oxygen atoms in total. The van der Waals surface area contributed by atoms with Crippen LogP contribution < -0.4 is 10.3 Å². The predicted molar refractivity (Wildman–Crippen MR) is 98.4 cm³/mol. The van der Waals surface area contributed by atoms with Crippen LogP contribution in [0.1, 0.15) is 12.1 Å². The molecular formula is C17H19BrN2O4S. The largest absolute Gasteiger partial charge is 0.489 e. The van der Waals surface area contributed by atoms with Crippen molar-refractivity contribution in [3.8, 4) is 5.75 Å². The van der Waals surface area contributed by atoms with Crippen molar-refractivity contribution in [1.29, 1.82) is 0 Å². The summed E-state index contributed by atoms with van der Waals surface area (Å²) in [5, 5.41) is 0. The molecule has 1 aliphatic rings. The zero-order valence-corrected chi connectivity index (χ0v) is 16.4. The Morgan fingerprint density at radius 1 is 1.24 bits per heavy atom. The van der Waals surface area contributed by atoms with E-state index in [-0.39, 0.29) is 23.1 Å². The van der Waals surface area contributed by atoms with Crippen LogP contribution in [0, 0.1) is 6.92 Å². The number of aryl methyl sites for hydroxylation is 1. The second-order valence-corrected chi connectivity index (χ2v) is 8.81. The third-order valence-corrected chi connectivity index (χ3v) is 7.22. The number of ether oxygens (including phenoxy) is 1. The normalized spacial score (nSPS) is 18.4. The average molecular weight is 427 g/mol. The summed E-state index contributed by atoms with van der Waals surface area (Å²) in [6.07, 6.45) is 0.307. The van der Waals surface area contributed by atoms with Gasteiger partial charge in [0.2, 0.25) is 10.0 Å². The Morgan fingerprint density at radius 3 is 2.64 bits per heavy atom. The summed E-state index contributed by atoms with van der Waals surface area (Å²) in [5.41, 5.74) is 0.642. The molecular weight excluding hydrogens is 408 g/mol.